The number of halogens is 3. The molecule has 0 unspecified atom stereocenters. The minimum absolute atomic E-state index is 0.151. The highest BCUT2D eigenvalue weighted by molar-refractivity contribution is 5.92. The van der Waals surface area contributed by atoms with Crippen LogP contribution in [-0.2, 0) is 17.8 Å². The minimum Gasteiger partial charge on any atom is -0.338 e. The number of carbonyl (C=O) groups is 1. The number of anilines is 1. The quantitative estimate of drug-likeness (QED) is 0.607. The van der Waals surface area contributed by atoms with Crippen LogP contribution in [0.25, 0.3) is 11.4 Å². The fraction of sp³-hybridized carbons (Fsp3) is 0.250. The molecule has 0 aliphatic carbocycles. The second-order valence-electron chi connectivity index (χ2n) is 6.51. The average molecular weight is 404 g/mol. The van der Waals surface area contributed by atoms with Crippen LogP contribution in [0.2, 0.25) is 0 Å². The number of hydrogen-bond donors (Lipinski definition) is 1. The molecule has 2 aromatic carbocycles. The average Bonchev–Trinajstić information content (AvgIpc) is 3.16. The third-order valence-corrected chi connectivity index (χ3v) is 4.22. The van der Waals surface area contributed by atoms with Crippen LogP contribution in [0.15, 0.2) is 40.9 Å². The molecule has 1 N–H and O–H groups in total. The predicted molar refractivity (Wildman–Crippen MR) is 100 cm³/mol. The number of rotatable bonds is 7. The third kappa shape index (κ3) is 5.00. The van der Waals surface area contributed by atoms with E-state index in [0.29, 0.717) is 11.7 Å². The van der Waals surface area contributed by atoms with Crippen molar-refractivity contribution in [1.82, 2.24) is 15.0 Å². The van der Waals surface area contributed by atoms with Crippen molar-refractivity contribution < 1.29 is 22.5 Å². The van der Waals surface area contributed by atoms with Crippen LogP contribution in [0.3, 0.4) is 0 Å². The van der Waals surface area contributed by atoms with E-state index in [9.17, 15) is 18.0 Å². The summed E-state index contributed by atoms with van der Waals surface area (Å²) >= 11 is 0. The number of benzene rings is 2. The van der Waals surface area contributed by atoms with E-state index >= 15 is 0 Å². The van der Waals surface area contributed by atoms with Crippen molar-refractivity contribution in [3.8, 4) is 11.4 Å². The van der Waals surface area contributed by atoms with Gasteiger partial charge < -0.3 is 9.84 Å². The molecule has 1 amide bonds. The third-order valence-electron chi connectivity index (χ3n) is 4.22. The molecule has 0 spiro atoms. The van der Waals surface area contributed by atoms with Crippen LogP contribution < -0.4 is 5.32 Å². The van der Waals surface area contributed by atoms with Gasteiger partial charge in [-0.3, -0.25) is 9.69 Å². The maximum atomic E-state index is 13.6. The zero-order chi connectivity index (χ0) is 21.0. The highest BCUT2D eigenvalue weighted by Gasteiger charge is 2.17. The highest BCUT2D eigenvalue weighted by Crippen LogP contribution is 2.20. The Morgan fingerprint density at radius 2 is 1.83 bits per heavy atom. The van der Waals surface area contributed by atoms with E-state index in [1.165, 1.54) is 5.56 Å². The standard InChI is InChI=1S/C20H19F3N4O2/c1-3-12-4-6-13(7-5-12)20-25-17(29-26-20)11-27(2)10-16(28)24-15-9-8-14(21)18(22)19(15)23/h4-9H,3,10-11H2,1-2H3,(H,24,28). The molecule has 0 radical (unpaired) electrons. The molecule has 6 nitrogen and oxygen atoms in total. The summed E-state index contributed by atoms with van der Waals surface area (Å²) in [7, 11) is 1.63. The number of aryl methyl sites for hydroxylation is 1. The van der Waals surface area contributed by atoms with Gasteiger partial charge >= 0.3 is 0 Å². The maximum absolute atomic E-state index is 13.6. The lowest BCUT2D eigenvalue weighted by molar-refractivity contribution is -0.117. The van der Waals surface area contributed by atoms with Gasteiger partial charge in [0, 0.05) is 5.56 Å². The topological polar surface area (TPSA) is 71.3 Å². The van der Waals surface area contributed by atoms with E-state index in [1.807, 2.05) is 24.3 Å². The molecule has 1 heterocycles. The fourth-order valence-electron chi connectivity index (χ4n) is 2.67. The molecule has 0 aliphatic heterocycles. The second kappa shape index (κ2) is 8.87. The van der Waals surface area contributed by atoms with Gasteiger partial charge in [0.15, 0.2) is 17.5 Å². The Labute approximate surface area is 165 Å². The molecule has 3 rings (SSSR count). The zero-order valence-corrected chi connectivity index (χ0v) is 15.9. The monoisotopic (exact) mass is 404 g/mol. The number of carbonyl (C=O) groups excluding carboxylic acids is 1. The number of amides is 1. The molecular formula is C20H19F3N4O2. The first kappa shape index (κ1) is 20.5. The molecule has 9 heteroatoms. The van der Waals surface area contributed by atoms with Gasteiger partial charge in [0.05, 0.1) is 18.8 Å². The number of nitrogens with zero attached hydrogens (tertiary/aromatic N) is 3. The molecule has 0 atom stereocenters. The van der Waals surface area contributed by atoms with Crippen molar-refractivity contribution >= 4 is 11.6 Å². The summed E-state index contributed by atoms with van der Waals surface area (Å²) in [5.41, 5.74) is 1.57. The Bertz CT molecular complexity index is 1010. The summed E-state index contributed by atoms with van der Waals surface area (Å²) in [4.78, 5) is 17.9. The highest BCUT2D eigenvalue weighted by atomic mass is 19.2. The smallest absolute Gasteiger partial charge is 0.241 e. The van der Waals surface area contributed by atoms with Gasteiger partial charge in [0.1, 0.15) is 0 Å². The van der Waals surface area contributed by atoms with Gasteiger partial charge in [-0.15, -0.1) is 0 Å². The normalized spacial score (nSPS) is 11.1. The molecule has 0 saturated heterocycles. The lowest BCUT2D eigenvalue weighted by atomic mass is 10.1. The van der Waals surface area contributed by atoms with E-state index in [0.717, 1.165) is 24.1 Å². The molecule has 0 fully saturated rings. The summed E-state index contributed by atoms with van der Waals surface area (Å²) < 4.78 is 45.0. The van der Waals surface area contributed by atoms with Gasteiger partial charge in [0.2, 0.25) is 17.6 Å². The number of aromatic nitrogens is 2. The van der Waals surface area contributed by atoms with Crippen LogP contribution >= 0.6 is 0 Å². The van der Waals surface area contributed by atoms with E-state index in [1.54, 1.807) is 11.9 Å². The first-order valence-electron chi connectivity index (χ1n) is 8.91. The first-order valence-corrected chi connectivity index (χ1v) is 8.91. The van der Waals surface area contributed by atoms with E-state index < -0.39 is 29.0 Å². The first-order chi connectivity index (χ1) is 13.9. The number of hydrogen-bond acceptors (Lipinski definition) is 5. The van der Waals surface area contributed by atoms with E-state index in [4.69, 9.17) is 4.52 Å². The molecule has 1 aromatic heterocycles. The van der Waals surface area contributed by atoms with Crippen LogP contribution in [-0.4, -0.2) is 34.5 Å². The van der Waals surface area contributed by atoms with Crippen molar-refractivity contribution in [3.63, 3.8) is 0 Å². The molecule has 29 heavy (non-hydrogen) atoms. The van der Waals surface area contributed by atoms with Gasteiger partial charge in [-0.2, -0.15) is 4.98 Å². The van der Waals surface area contributed by atoms with Gasteiger partial charge in [0.25, 0.3) is 0 Å². The molecule has 0 saturated carbocycles. The number of likely N-dealkylation sites (N-methyl/N-ethyl adjacent to an activating group) is 1. The summed E-state index contributed by atoms with van der Waals surface area (Å²) in [6, 6.07) is 9.48. The summed E-state index contributed by atoms with van der Waals surface area (Å²) in [6.07, 6.45) is 0.930. The van der Waals surface area contributed by atoms with Crippen molar-refractivity contribution in [1.29, 1.82) is 0 Å². The predicted octanol–water partition coefficient (Wildman–Crippen LogP) is 3.79. The van der Waals surface area contributed by atoms with Gasteiger partial charge in [-0.1, -0.05) is 36.3 Å². The Morgan fingerprint density at radius 1 is 1.10 bits per heavy atom. The maximum Gasteiger partial charge on any atom is 0.241 e. The Hall–Kier alpha value is -3.20. The minimum atomic E-state index is -1.64. The molecule has 0 aliphatic rings. The van der Waals surface area contributed by atoms with E-state index in [-0.39, 0.29) is 13.1 Å². The molecule has 0 bridgehead atoms. The Morgan fingerprint density at radius 3 is 2.52 bits per heavy atom. The van der Waals surface area contributed by atoms with E-state index in [2.05, 4.69) is 22.4 Å². The Kier molecular flexibility index (Phi) is 6.28. The van der Waals surface area contributed by atoms with Crippen LogP contribution in [0.5, 0.6) is 0 Å². The zero-order valence-electron chi connectivity index (χ0n) is 15.9. The van der Waals surface area contributed by atoms with Crippen molar-refractivity contribution in [2.45, 2.75) is 19.9 Å². The SMILES string of the molecule is CCc1ccc(-c2noc(CN(C)CC(=O)Nc3ccc(F)c(F)c3F)n2)cc1. The Balaban J connectivity index is 1.58. The summed E-state index contributed by atoms with van der Waals surface area (Å²) in [6.45, 7) is 2.09. The summed E-state index contributed by atoms with van der Waals surface area (Å²) in [5.74, 6) is -4.28. The largest absolute Gasteiger partial charge is 0.338 e. The van der Waals surface area contributed by atoms with Crippen LogP contribution in [0.1, 0.15) is 18.4 Å². The van der Waals surface area contributed by atoms with Gasteiger partial charge in [-0.05, 0) is 31.2 Å². The lowest BCUT2D eigenvalue weighted by Gasteiger charge is -2.14. The second-order valence-corrected chi connectivity index (χ2v) is 6.51. The molecule has 3 aromatic rings. The van der Waals surface area contributed by atoms with Gasteiger partial charge in [-0.25, -0.2) is 13.2 Å². The van der Waals surface area contributed by atoms with Crippen molar-refractivity contribution in [3.05, 3.63) is 65.3 Å². The van der Waals surface area contributed by atoms with Crippen LogP contribution in [0.4, 0.5) is 18.9 Å². The molecular weight excluding hydrogens is 385 g/mol. The lowest BCUT2D eigenvalue weighted by Crippen LogP contribution is -2.30. The molecule has 152 valence electrons. The van der Waals surface area contributed by atoms with Crippen LogP contribution in [0, 0.1) is 17.5 Å². The van der Waals surface area contributed by atoms with Crippen molar-refractivity contribution in [2.75, 3.05) is 18.9 Å². The fourth-order valence-corrected chi connectivity index (χ4v) is 2.67. The van der Waals surface area contributed by atoms with Crippen molar-refractivity contribution in [2.24, 2.45) is 0 Å². The summed E-state index contributed by atoms with van der Waals surface area (Å²) in [5, 5.41) is 6.14. The number of nitrogens with one attached hydrogen (secondary N) is 1.